The highest BCUT2D eigenvalue weighted by atomic mass is 16.5. The Hall–Kier alpha value is -1.85. The Morgan fingerprint density at radius 2 is 2.31 bits per heavy atom. The summed E-state index contributed by atoms with van der Waals surface area (Å²) in [6.07, 6.45) is 1.56. The standard InChI is InChI=1S/C10H14N2O4/c1-3-16-10(15)8-4-5-12(11-8)6-7(2)9(13)14/h4-5,7H,3,6H2,1-2H3,(H,13,14). The van der Waals surface area contributed by atoms with Crippen LogP contribution in [-0.4, -0.2) is 33.4 Å². The van der Waals surface area contributed by atoms with E-state index in [9.17, 15) is 9.59 Å². The van der Waals surface area contributed by atoms with Crippen LogP contribution in [0.4, 0.5) is 0 Å². The van der Waals surface area contributed by atoms with Crippen molar-refractivity contribution in [2.75, 3.05) is 6.61 Å². The number of rotatable bonds is 5. The van der Waals surface area contributed by atoms with Crippen LogP contribution in [0.25, 0.3) is 0 Å². The summed E-state index contributed by atoms with van der Waals surface area (Å²) in [5.74, 6) is -1.94. The molecule has 6 heteroatoms. The van der Waals surface area contributed by atoms with Crippen LogP contribution in [0.1, 0.15) is 24.3 Å². The van der Waals surface area contributed by atoms with Crippen LogP contribution in [0.15, 0.2) is 12.3 Å². The van der Waals surface area contributed by atoms with Gasteiger partial charge in [-0.1, -0.05) is 6.92 Å². The molecule has 1 rings (SSSR count). The molecule has 0 saturated carbocycles. The molecule has 0 aliphatic carbocycles. The first kappa shape index (κ1) is 12.2. The van der Waals surface area contributed by atoms with E-state index in [1.54, 1.807) is 20.0 Å². The second kappa shape index (κ2) is 5.29. The van der Waals surface area contributed by atoms with Crippen LogP contribution >= 0.6 is 0 Å². The molecule has 6 nitrogen and oxygen atoms in total. The van der Waals surface area contributed by atoms with Crippen LogP contribution in [0, 0.1) is 5.92 Å². The SMILES string of the molecule is CCOC(=O)c1ccn(CC(C)C(=O)O)n1. The number of carboxylic acids is 1. The summed E-state index contributed by atoms with van der Waals surface area (Å²) in [7, 11) is 0. The number of aliphatic carboxylic acids is 1. The lowest BCUT2D eigenvalue weighted by Gasteiger charge is -2.05. The monoisotopic (exact) mass is 226 g/mol. The molecule has 1 N–H and O–H groups in total. The minimum atomic E-state index is -0.895. The fourth-order valence-electron chi connectivity index (χ4n) is 1.14. The van der Waals surface area contributed by atoms with Gasteiger partial charge in [-0.2, -0.15) is 5.10 Å². The number of carboxylic acid groups (broad SMARTS) is 1. The molecule has 0 spiro atoms. The first-order chi connectivity index (χ1) is 7.54. The van der Waals surface area contributed by atoms with Crippen LogP contribution < -0.4 is 0 Å². The zero-order valence-electron chi connectivity index (χ0n) is 9.21. The van der Waals surface area contributed by atoms with E-state index in [0.717, 1.165) is 0 Å². The van der Waals surface area contributed by atoms with E-state index in [0.29, 0.717) is 0 Å². The van der Waals surface area contributed by atoms with Gasteiger partial charge in [-0.15, -0.1) is 0 Å². The van der Waals surface area contributed by atoms with Crippen LogP contribution in [0.5, 0.6) is 0 Å². The van der Waals surface area contributed by atoms with Gasteiger partial charge in [-0.05, 0) is 13.0 Å². The molecular weight excluding hydrogens is 212 g/mol. The number of carbonyl (C=O) groups excluding carboxylic acids is 1. The summed E-state index contributed by atoms with van der Waals surface area (Å²) < 4.78 is 6.18. The molecule has 0 amide bonds. The molecule has 88 valence electrons. The average molecular weight is 226 g/mol. The summed E-state index contributed by atoms with van der Waals surface area (Å²) in [6.45, 7) is 3.81. The lowest BCUT2D eigenvalue weighted by atomic mass is 10.2. The first-order valence-corrected chi connectivity index (χ1v) is 4.98. The Kier molecular flexibility index (Phi) is 4.04. The summed E-state index contributed by atoms with van der Waals surface area (Å²) in [5, 5.41) is 12.6. The molecule has 1 aromatic heterocycles. The number of nitrogens with zero attached hydrogens (tertiary/aromatic N) is 2. The Bertz CT molecular complexity index is 386. The molecule has 0 radical (unpaired) electrons. The third-order valence-corrected chi connectivity index (χ3v) is 2.01. The third-order valence-electron chi connectivity index (χ3n) is 2.01. The van der Waals surface area contributed by atoms with E-state index >= 15 is 0 Å². The minimum Gasteiger partial charge on any atom is -0.481 e. The van der Waals surface area contributed by atoms with Crippen LogP contribution in [0.3, 0.4) is 0 Å². The fourth-order valence-corrected chi connectivity index (χ4v) is 1.14. The number of hydrogen-bond donors (Lipinski definition) is 1. The summed E-state index contributed by atoms with van der Waals surface area (Å²) in [4.78, 5) is 21.9. The van der Waals surface area contributed by atoms with E-state index in [1.165, 1.54) is 10.7 Å². The largest absolute Gasteiger partial charge is 0.481 e. The van der Waals surface area contributed by atoms with Gasteiger partial charge >= 0.3 is 11.9 Å². The Morgan fingerprint density at radius 3 is 2.88 bits per heavy atom. The van der Waals surface area contributed by atoms with Gasteiger partial charge in [0, 0.05) is 6.20 Å². The number of esters is 1. The summed E-state index contributed by atoms with van der Waals surface area (Å²) >= 11 is 0. The van der Waals surface area contributed by atoms with E-state index in [4.69, 9.17) is 9.84 Å². The van der Waals surface area contributed by atoms with E-state index in [2.05, 4.69) is 5.10 Å². The highest BCUT2D eigenvalue weighted by Crippen LogP contribution is 2.03. The average Bonchev–Trinajstić information content (AvgIpc) is 2.66. The van der Waals surface area contributed by atoms with Crippen molar-refractivity contribution in [3.8, 4) is 0 Å². The quantitative estimate of drug-likeness (QED) is 0.750. The zero-order valence-corrected chi connectivity index (χ0v) is 9.21. The molecule has 0 saturated heterocycles. The topological polar surface area (TPSA) is 81.4 Å². The highest BCUT2D eigenvalue weighted by Gasteiger charge is 2.14. The smallest absolute Gasteiger partial charge is 0.358 e. The van der Waals surface area contributed by atoms with Crippen molar-refractivity contribution in [3.05, 3.63) is 18.0 Å². The van der Waals surface area contributed by atoms with Gasteiger partial charge in [-0.25, -0.2) is 4.79 Å². The lowest BCUT2D eigenvalue weighted by Crippen LogP contribution is -2.17. The van der Waals surface area contributed by atoms with Crippen molar-refractivity contribution in [2.45, 2.75) is 20.4 Å². The minimum absolute atomic E-state index is 0.194. The number of ether oxygens (including phenoxy) is 1. The molecule has 0 aromatic carbocycles. The maximum atomic E-state index is 11.3. The molecule has 1 aromatic rings. The van der Waals surface area contributed by atoms with Crippen molar-refractivity contribution in [1.82, 2.24) is 9.78 Å². The van der Waals surface area contributed by atoms with Crippen LogP contribution in [-0.2, 0) is 16.1 Å². The molecule has 0 fully saturated rings. The van der Waals surface area contributed by atoms with Crippen molar-refractivity contribution < 1.29 is 19.4 Å². The third kappa shape index (κ3) is 3.08. The van der Waals surface area contributed by atoms with Gasteiger partial charge in [0.05, 0.1) is 19.1 Å². The van der Waals surface area contributed by atoms with Crippen molar-refractivity contribution in [3.63, 3.8) is 0 Å². The van der Waals surface area contributed by atoms with E-state index in [-0.39, 0.29) is 18.8 Å². The van der Waals surface area contributed by atoms with Crippen molar-refractivity contribution in [1.29, 1.82) is 0 Å². The Balaban J connectivity index is 2.64. The van der Waals surface area contributed by atoms with Gasteiger partial charge in [0.2, 0.25) is 0 Å². The fraction of sp³-hybridized carbons (Fsp3) is 0.500. The molecule has 0 aliphatic heterocycles. The number of hydrogen-bond acceptors (Lipinski definition) is 4. The van der Waals surface area contributed by atoms with E-state index in [1.807, 2.05) is 0 Å². The molecule has 16 heavy (non-hydrogen) atoms. The molecule has 0 bridgehead atoms. The molecule has 1 unspecified atom stereocenters. The second-order valence-corrected chi connectivity index (χ2v) is 3.38. The Morgan fingerprint density at radius 1 is 1.62 bits per heavy atom. The highest BCUT2D eigenvalue weighted by molar-refractivity contribution is 5.87. The molecule has 0 aliphatic rings. The van der Waals surface area contributed by atoms with Gasteiger partial charge in [0.15, 0.2) is 5.69 Å². The van der Waals surface area contributed by atoms with Gasteiger partial charge in [0.25, 0.3) is 0 Å². The molecule has 1 heterocycles. The lowest BCUT2D eigenvalue weighted by molar-refractivity contribution is -0.141. The summed E-state index contributed by atoms with van der Waals surface area (Å²) in [5.41, 5.74) is 0.194. The predicted octanol–water partition coefficient (Wildman–Crippen LogP) is 0.780. The predicted molar refractivity (Wildman–Crippen MR) is 55.0 cm³/mol. The normalized spacial score (nSPS) is 12.1. The maximum Gasteiger partial charge on any atom is 0.358 e. The number of carbonyl (C=O) groups is 2. The van der Waals surface area contributed by atoms with Crippen molar-refractivity contribution >= 4 is 11.9 Å². The second-order valence-electron chi connectivity index (χ2n) is 3.38. The first-order valence-electron chi connectivity index (χ1n) is 4.98. The van der Waals surface area contributed by atoms with Crippen LogP contribution in [0.2, 0.25) is 0 Å². The maximum absolute atomic E-state index is 11.3. The van der Waals surface area contributed by atoms with Crippen molar-refractivity contribution in [2.24, 2.45) is 5.92 Å². The summed E-state index contributed by atoms with van der Waals surface area (Å²) in [6, 6.07) is 1.51. The van der Waals surface area contributed by atoms with Gasteiger partial charge in [0.1, 0.15) is 0 Å². The number of aromatic nitrogens is 2. The van der Waals surface area contributed by atoms with Gasteiger partial charge < -0.3 is 9.84 Å². The van der Waals surface area contributed by atoms with Gasteiger partial charge in [-0.3, -0.25) is 9.48 Å². The Labute approximate surface area is 92.8 Å². The van der Waals surface area contributed by atoms with E-state index < -0.39 is 17.9 Å². The zero-order chi connectivity index (χ0) is 12.1. The molecule has 1 atom stereocenters. The molecular formula is C10H14N2O4.